The Morgan fingerprint density at radius 2 is 2.26 bits per heavy atom. The monoisotopic (exact) mass is 258 g/mol. The Bertz CT molecular complexity index is 572. The number of aromatic nitrogens is 2. The van der Waals surface area contributed by atoms with Crippen molar-refractivity contribution in [3.63, 3.8) is 0 Å². The first kappa shape index (κ1) is 12.8. The van der Waals surface area contributed by atoms with Crippen molar-refractivity contribution in [1.29, 1.82) is 0 Å². The highest BCUT2D eigenvalue weighted by Gasteiger charge is 2.10. The van der Waals surface area contributed by atoms with E-state index in [1.54, 1.807) is 43.6 Å². The summed E-state index contributed by atoms with van der Waals surface area (Å²) in [7, 11) is 1.54. The van der Waals surface area contributed by atoms with Crippen LogP contribution in [0.1, 0.15) is 16.1 Å². The van der Waals surface area contributed by atoms with Crippen LogP contribution in [0.3, 0.4) is 0 Å². The van der Waals surface area contributed by atoms with Gasteiger partial charge in [0.05, 0.1) is 24.9 Å². The van der Waals surface area contributed by atoms with Gasteiger partial charge >= 0.3 is 0 Å². The van der Waals surface area contributed by atoms with Crippen molar-refractivity contribution in [3.05, 3.63) is 47.8 Å². The average molecular weight is 258 g/mol. The number of hydrogen-bond donors (Lipinski definition) is 2. The fourth-order valence-corrected chi connectivity index (χ4v) is 1.57. The minimum atomic E-state index is -0.259. The summed E-state index contributed by atoms with van der Waals surface area (Å²) in [5, 5.41) is 10.3. The van der Waals surface area contributed by atoms with Gasteiger partial charge in [-0.1, -0.05) is 0 Å². The maximum Gasteiger partial charge on any atom is 0.253 e. The van der Waals surface area contributed by atoms with Gasteiger partial charge in [0.2, 0.25) is 0 Å². The number of anilines is 1. The van der Waals surface area contributed by atoms with Crippen molar-refractivity contribution in [3.8, 4) is 5.75 Å². The first-order valence-electron chi connectivity index (χ1n) is 5.69. The summed E-state index contributed by atoms with van der Waals surface area (Å²) < 4.78 is 5.03. The molecule has 0 saturated carbocycles. The number of nitrogen functional groups attached to an aromatic ring is 1. The minimum Gasteiger partial charge on any atom is -0.497 e. The van der Waals surface area contributed by atoms with E-state index in [0.717, 1.165) is 0 Å². The lowest BCUT2D eigenvalue weighted by atomic mass is 10.1. The Hall–Kier alpha value is -2.63. The van der Waals surface area contributed by atoms with E-state index in [2.05, 4.69) is 15.5 Å². The maximum absolute atomic E-state index is 12.0. The number of nitrogens with zero attached hydrogens (tertiary/aromatic N) is 2. The molecule has 0 spiro atoms. The molecule has 0 radical (unpaired) electrons. The third-order valence-corrected chi connectivity index (χ3v) is 2.56. The normalized spacial score (nSPS) is 9.95. The number of nitrogens with one attached hydrogen (secondary N) is 1. The molecule has 0 saturated heterocycles. The summed E-state index contributed by atoms with van der Waals surface area (Å²) in [5.41, 5.74) is 7.26. The lowest BCUT2D eigenvalue weighted by Crippen LogP contribution is -2.24. The van der Waals surface area contributed by atoms with Gasteiger partial charge in [-0.15, -0.1) is 0 Å². The van der Waals surface area contributed by atoms with Gasteiger partial charge in [-0.2, -0.15) is 10.2 Å². The second-order valence-electron chi connectivity index (χ2n) is 3.85. The molecule has 0 bridgehead atoms. The molecule has 0 aliphatic carbocycles. The fraction of sp³-hybridized carbons (Fsp3) is 0.154. The van der Waals surface area contributed by atoms with Crippen LogP contribution < -0.4 is 15.8 Å². The Labute approximate surface area is 110 Å². The highest BCUT2D eigenvalue weighted by Crippen LogP contribution is 2.19. The molecule has 0 atom stereocenters. The van der Waals surface area contributed by atoms with Crippen molar-refractivity contribution in [2.75, 3.05) is 12.8 Å². The van der Waals surface area contributed by atoms with E-state index >= 15 is 0 Å². The van der Waals surface area contributed by atoms with Gasteiger partial charge in [-0.3, -0.25) is 4.79 Å². The molecule has 2 aromatic rings. The number of ether oxygens (including phenoxy) is 1. The van der Waals surface area contributed by atoms with Gasteiger partial charge in [0.15, 0.2) is 0 Å². The topological polar surface area (TPSA) is 90.1 Å². The number of carbonyl (C=O) groups is 1. The number of amides is 1. The summed E-state index contributed by atoms with van der Waals surface area (Å²) in [6.07, 6.45) is 1.58. The van der Waals surface area contributed by atoms with E-state index in [1.807, 2.05) is 0 Å². The zero-order chi connectivity index (χ0) is 13.7. The molecule has 6 heteroatoms. The molecule has 2 rings (SSSR count). The highest BCUT2D eigenvalue weighted by atomic mass is 16.5. The van der Waals surface area contributed by atoms with Crippen LogP contribution in [0.2, 0.25) is 0 Å². The molecule has 1 aromatic heterocycles. The predicted octanol–water partition coefficient (Wildman–Crippen LogP) is 0.997. The highest BCUT2D eigenvalue weighted by molar-refractivity contribution is 5.99. The molecule has 0 aliphatic heterocycles. The van der Waals surface area contributed by atoms with Crippen molar-refractivity contribution < 1.29 is 9.53 Å². The lowest BCUT2D eigenvalue weighted by Gasteiger charge is -2.08. The number of carbonyl (C=O) groups excluding carboxylic acids is 1. The van der Waals surface area contributed by atoms with Crippen LogP contribution in [0.15, 0.2) is 36.5 Å². The Morgan fingerprint density at radius 1 is 1.42 bits per heavy atom. The van der Waals surface area contributed by atoms with Gasteiger partial charge in [-0.25, -0.2) is 0 Å². The molecule has 0 unspecified atom stereocenters. The molecule has 1 aromatic carbocycles. The quantitative estimate of drug-likeness (QED) is 0.798. The molecular formula is C13H14N4O2. The predicted molar refractivity (Wildman–Crippen MR) is 70.6 cm³/mol. The molecule has 1 amide bonds. The Balaban J connectivity index is 2.04. The standard InChI is InChI=1S/C13H14N4O2/c1-19-10-4-5-11(12(14)7-10)13(18)15-8-9-3-2-6-16-17-9/h2-7H,8,14H2,1H3,(H,15,18). The summed E-state index contributed by atoms with van der Waals surface area (Å²) in [4.78, 5) is 12.0. The maximum atomic E-state index is 12.0. The van der Waals surface area contributed by atoms with Crippen LogP contribution in [0, 0.1) is 0 Å². The largest absolute Gasteiger partial charge is 0.497 e. The van der Waals surface area contributed by atoms with Gasteiger partial charge in [0, 0.05) is 18.0 Å². The first-order valence-corrected chi connectivity index (χ1v) is 5.69. The fourth-order valence-electron chi connectivity index (χ4n) is 1.57. The Morgan fingerprint density at radius 3 is 2.89 bits per heavy atom. The van der Waals surface area contributed by atoms with Gasteiger partial charge < -0.3 is 15.8 Å². The van der Waals surface area contributed by atoms with Crippen molar-refractivity contribution >= 4 is 11.6 Å². The lowest BCUT2D eigenvalue weighted by molar-refractivity contribution is 0.0951. The van der Waals surface area contributed by atoms with Crippen LogP contribution in [-0.2, 0) is 6.54 Å². The Kier molecular flexibility index (Phi) is 3.92. The van der Waals surface area contributed by atoms with Crippen LogP contribution in [-0.4, -0.2) is 23.2 Å². The van der Waals surface area contributed by atoms with Crippen LogP contribution >= 0.6 is 0 Å². The van der Waals surface area contributed by atoms with E-state index in [9.17, 15) is 4.79 Å². The summed E-state index contributed by atoms with van der Waals surface area (Å²) in [5.74, 6) is 0.355. The molecular weight excluding hydrogens is 244 g/mol. The first-order chi connectivity index (χ1) is 9.20. The molecule has 0 aliphatic rings. The van der Waals surface area contributed by atoms with Crippen LogP contribution in [0.25, 0.3) is 0 Å². The van der Waals surface area contributed by atoms with Gasteiger partial charge in [0.25, 0.3) is 5.91 Å². The molecule has 0 fully saturated rings. The van der Waals surface area contributed by atoms with Crippen LogP contribution in [0.5, 0.6) is 5.75 Å². The molecule has 98 valence electrons. The number of nitrogens with two attached hydrogens (primary N) is 1. The second kappa shape index (κ2) is 5.81. The summed E-state index contributed by atoms with van der Waals surface area (Å²) in [6.45, 7) is 0.304. The van der Waals surface area contributed by atoms with Gasteiger partial charge in [0.1, 0.15) is 5.75 Å². The number of hydrogen-bond acceptors (Lipinski definition) is 5. The molecule has 1 heterocycles. The third-order valence-electron chi connectivity index (χ3n) is 2.56. The van der Waals surface area contributed by atoms with Crippen LogP contribution in [0.4, 0.5) is 5.69 Å². The second-order valence-corrected chi connectivity index (χ2v) is 3.85. The number of rotatable bonds is 4. The van der Waals surface area contributed by atoms with E-state index in [0.29, 0.717) is 29.2 Å². The van der Waals surface area contributed by atoms with Crippen molar-refractivity contribution in [2.45, 2.75) is 6.54 Å². The average Bonchev–Trinajstić information content (AvgIpc) is 2.45. The molecule has 19 heavy (non-hydrogen) atoms. The van der Waals surface area contributed by atoms with Gasteiger partial charge in [-0.05, 0) is 24.3 Å². The number of methoxy groups -OCH3 is 1. The zero-order valence-electron chi connectivity index (χ0n) is 10.5. The number of benzene rings is 1. The van der Waals surface area contributed by atoms with Crippen molar-refractivity contribution in [2.24, 2.45) is 0 Å². The molecule has 3 N–H and O–H groups in total. The minimum absolute atomic E-state index is 0.259. The van der Waals surface area contributed by atoms with Crippen molar-refractivity contribution in [1.82, 2.24) is 15.5 Å². The smallest absolute Gasteiger partial charge is 0.253 e. The SMILES string of the molecule is COc1ccc(C(=O)NCc2cccnn2)c(N)c1. The van der Waals surface area contributed by atoms with E-state index in [-0.39, 0.29) is 5.91 Å². The summed E-state index contributed by atoms with van der Waals surface area (Å²) >= 11 is 0. The summed E-state index contributed by atoms with van der Waals surface area (Å²) in [6, 6.07) is 8.46. The van der Waals surface area contributed by atoms with E-state index < -0.39 is 0 Å². The third kappa shape index (κ3) is 3.19. The molecule has 6 nitrogen and oxygen atoms in total. The zero-order valence-corrected chi connectivity index (χ0v) is 10.5. The van der Waals surface area contributed by atoms with E-state index in [1.165, 1.54) is 0 Å². The van der Waals surface area contributed by atoms with E-state index in [4.69, 9.17) is 10.5 Å².